The Morgan fingerprint density at radius 1 is 0.412 bits per heavy atom. The van der Waals surface area contributed by atoms with Crippen molar-refractivity contribution in [1.82, 2.24) is 14.1 Å². The maximum atomic E-state index is 10.3. The van der Waals surface area contributed by atoms with E-state index in [1.807, 2.05) is 150 Å². The molecule has 0 unspecified atom stereocenters. The van der Waals surface area contributed by atoms with Crippen LogP contribution in [0.4, 0.5) is 0 Å². The van der Waals surface area contributed by atoms with Gasteiger partial charge in [0.25, 0.3) is 6.33 Å². The van der Waals surface area contributed by atoms with Crippen molar-refractivity contribution in [2.75, 3.05) is 0 Å². The summed E-state index contributed by atoms with van der Waals surface area (Å²) in [7, 11) is 0. The molecule has 0 N–H and O–H groups in total. The van der Waals surface area contributed by atoms with Gasteiger partial charge in [0.1, 0.15) is 28.1 Å². The van der Waals surface area contributed by atoms with Crippen molar-refractivity contribution in [3.05, 3.63) is 333 Å². The summed E-state index contributed by atoms with van der Waals surface area (Å²) in [6, 6.07) is 72.3. The molecule has 0 spiro atoms. The van der Waals surface area contributed by atoms with Gasteiger partial charge >= 0.3 is 0 Å². The zero-order chi connectivity index (χ0) is 78.3. The predicted molar refractivity (Wildman–Crippen MR) is 410 cm³/mol. The first-order valence-corrected chi connectivity index (χ1v) is 33.2. The molecule has 486 valence electrons. The van der Waals surface area contributed by atoms with Crippen molar-refractivity contribution in [3.63, 3.8) is 0 Å². The van der Waals surface area contributed by atoms with Crippen LogP contribution in [0.15, 0.2) is 318 Å². The van der Waals surface area contributed by atoms with Gasteiger partial charge in [0, 0.05) is 65.8 Å². The number of furan rings is 2. The van der Waals surface area contributed by atoms with E-state index >= 15 is 0 Å². The number of fused-ring (bicyclic) bond motifs is 16. The second-order valence-electron chi connectivity index (χ2n) is 26.4. The molecule has 0 saturated heterocycles. The molecule has 0 aliphatic carbocycles. The van der Waals surface area contributed by atoms with Crippen molar-refractivity contribution in [3.8, 4) is 118 Å². The van der Waals surface area contributed by atoms with Crippen molar-refractivity contribution in [1.29, 1.82) is 0 Å². The molecule has 0 radical (unpaired) electrons. The van der Waals surface area contributed by atoms with Crippen LogP contribution in [0.3, 0.4) is 0 Å². The average molecular weight is 1500 g/mol. The molecule has 0 amide bonds. The summed E-state index contributed by atoms with van der Waals surface area (Å²) in [4.78, 5) is 4.93. The number of imidazole rings is 1. The Kier molecular flexibility index (Phi) is 11.3. The number of aromatic nitrogens is 4. The maximum Gasteiger partial charge on any atom is 0.268 e. The van der Waals surface area contributed by atoms with Gasteiger partial charge in [0.05, 0.1) is 34.5 Å². The summed E-state index contributed by atoms with van der Waals surface area (Å²) in [5, 5.41) is 5.67. The molecule has 1 aliphatic rings. The molecule has 20 rings (SSSR count). The molecule has 0 saturated carbocycles. The van der Waals surface area contributed by atoms with Gasteiger partial charge in [-0.1, -0.05) is 214 Å². The molecule has 5 aromatic heterocycles. The topological polar surface area (TPSA) is 62.1 Å². The molecule has 0 fully saturated rings. The molecule has 8 heteroatoms. The average Bonchev–Trinajstić information content (AvgIpc) is 1.53. The van der Waals surface area contributed by atoms with Crippen LogP contribution in [0.2, 0.25) is 0 Å². The number of benzene rings is 14. The van der Waals surface area contributed by atoms with E-state index in [1.54, 1.807) is 6.07 Å². The molecule has 0 bridgehead atoms. The van der Waals surface area contributed by atoms with Gasteiger partial charge in [-0.3, -0.25) is 4.57 Å². The Hall–Kier alpha value is -12.4. The van der Waals surface area contributed by atoms with Gasteiger partial charge < -0.3 is 22.7 Å². The third kappa shape index (κ3) is 10.1. The Labute approximate surface area is 621 Å². The van der Waals surface area contributed by atoms with Gasteiger partial charge in [-0.25, -0.2) is 4.98 Å². The van der Waals surface area contributed by atoms with E-state index in [1.165, 1.54) is 0 Å². The van der Waals surface area contributed by atoms with Gasteiger partial charge in [-0.2, -0.15) is 18.2 Å². The van der Waals surface area contributed by atoms with Crippen molar-refractivity contribution in [2.24, 2.45) is 0 Å². The normalized spacial score (nSPS) is 13.8. The second kappa shape index (κ2) is 23.9. The summed E-state index contributed by atoms with van der Waals surface area (Å²) >= 11 is 0. The first kappa shape index (κ1) is 48.3. The fourth-order valence-electron chi connectivity index (χ4n) is 14.6. The minimum absolute atomic E-state index is 0. The van der Waals surface area contributed by atoms with Crippen LogP contribution in [0, 0.1) is 18.5 Å². The van der Waals surface area contributed by atoms with E-state index in [2.05, 4.69) is 127 Å². The van der Waals surface area contributed by atoms with E-state index in [9.17, 15) is 9.60 Å². The van der Waals surface area contributed by atoms with E-state index in [0.29, 0.717) is 56.2 Å². The van der Waals surface area contributed by atoms with Crippen LogP contribution in [0.1, 0.15) is 44.2 Å². The van der Waals surface area contributed by atoms with Crippen molar-refractivity contribution in [2.45, 2.75) is 26.2 Å². The number of para-hydroxylation sites is 4. The summed E-state index contributed by atoms with van der Waals surface area (Å²) in [5.74, 6) is 1.57. The SMILES string of the molecule is [2H]c1c([2H])c([2H])c(-c2c([2H])c(-c3ccc4c(c3)-c3cccc(-c5ccc6oc7ccccc7c6c5)c3-[n+]3[c-]n(-c5[c-]c(Oc6[c-]c7c(cc6)c6ccccc6n7-c6cc(C(C)(C)C)ccn6)ccc5)c5cc(-c6ccc7oc8ccccc8c7c6)cc(c53)-c3ccccc3-4)c([2H])c(-c3c([2H])c([2H])c([2H])c([2H])c3[2H])c2[2H])c([2H])c1[2H].[Pt]. The van der Waals surface area contributed by atoms with Crippen LogP contribution < -0.4 is 9.30 Å². The number of rotatable bonds is 9. The predicted octanol–water partition coefficient (Wildman–Crippen LogP) is 24.3. The Morgan fingerprint density at radius 3 is 1.69 bits per heavy atom. The smallest absolute Gasteiger partial charge is 0.268 e. The number of nitrogens with zero attached hydrogens (tertiary/aromatic N) is 4. The molecule has 14 aromatic carbocycles. The molecule has 19 aromatic rings. The molecular formula is C94H60N4O3Pt-2. The van der Waals surface area contributed by atoms with Gasteiger partial charge in [0.2, 0.25) is 0 Å². The van der Waals surface area contributed by atoms with Gasteiger partial charge in [-0.15, -0.1) is 29.7 Å². The van der Waals surface area contributed by atoms with E-state index in [-0.39, 0.29) is 37.6 Å². The number of pyridine rings is 1. The Bertz CT molecular complexity index is 7310. The third-order valence-electron chi connectivity index (χ3n) is 19.4. The largest absolute Gasteiger partial charge is 0.510 e. The van der Waals surface area contributed by atoms with Crippen LogP contribution >= 0.6 is 0 Å². The molecule has 102 heavy (non-hydrogen) atoms. The van der Waals surface area contributed by atoms with Crippen molar-refractivity contribution < 1.29 is 57.0 Å². The zero-order valence-electron chi connectivity index (χ0n) is 67.8. The van der Waals surface area contributed by atoms with Crippen LogP contribution in [0.25, 0.3) is 183 Å². The summed E-state index contributed by atoms with van der Waals surface area (Å²) in [5.41, 5.74) is 13.6. The minimum atomic E-state index is -0.754. The standard InChI is InChI=1S/C94H60N4O3.Pt/c1-94(2,3)67-44-45-95-91(54-67)98-84-33-15-12-28-75(84)76-41-39-70(56-85(76)98)99-69-25-18-24-68(55-69)96-57-97-92-71(62-38-43-90-82(51-62)78-30-14-17-35-88(78)101-90)31-19-32-79(92)80-49-60(65-47-63(58-20-6-4-7-21-58)46-64(48-65)59-22-8-5-9-23-59)36-40-74(80)72-26-10-11-27-73(72)83-52-66(53-86(96)93(83)97)61-37-42-89-81(50-61)77-29-13-16-34-87(77)100-89;/h4-54H,1-3H3;/q-2;/i4D,5D,6D,7D,8D,9D,20D,21D,22D,23D,46D,47D,48D;. The maximum absolute atomic E-state index is 10.3. The fraction of sp³-hybridized carbons (Fsp3) is 0.0426. The first-order valence-electron chi connectivity index (χ1n) is 39.7. The fourth-order valence-corrected chi connectivity index (χ4v) is 14.6. The van der Waals surface area contributed by atoms with Gasteiger partial charge in [-0.05, 0) is 196 Å². The number of ether oxygens (including phenoxy) is 1. The molecule has 0 atom stereocenters. The second-order valence-corrected chi connectivity index (χ2v) is 26.4. The van der Waals surface area contributed by atoms with Gasteiger partial charge in [0.15, 0.2) is 0 Å². The monoisotopic (exact) mass is 1500 g/mol. The van der Waals surface area contributed by atoms with Crippen LogP contribution in [0.5, 0.6) is 11.5 Å². The minimum Gasteiger partial charge on any atom is -0.510 e. The van der Waals surface area contributed by atoms with E-state index in [4.69, 9.17) is 26.8 Å². The molecule has 6 heterocycles. The van der Waals surface area contributed by atoms with E-state index < -0.39 is 101 Å². The third-order valence-corrected chi connectivity index (χ3v) is 19.4. The van der Waals surface area contributed by atoms with Crippen LogP contribution in [-0.4, -0.2) is 14.1 Å². The summed E-state index contributed by atoms with van der Waals surface area (Å²) < 4.78 is 147. The molecule has 7 nitrogen and oxygen atoms in total. The van der Waals surface area contributed by atoms with Crippen molar-refractivity contribution >= 4 is 76.7 Å². The van der Waals surface area contributed by atoms with E-state index in [0.717, 1.165) is 110 Å². The molecular weight excluding hydrogens is 1430 g/mol. The summed E-state index contributed by atoms with van der Waals surface area (Å²) in [6.45, 7) is 6.55. The molecule has 1 aliphatic heterocycles. The summed E-state index contributed by atoms with van der Waals surface area (Å²) in [6.07, 6.45) is 5.81. The quantitative estimate of drug-likeness (QED) is 0.107. The first-order chi connectivity index (χ1) is 55.1. The number of hydrogen-bond acceptors (Lipinski definition) is 4. The number of hydrogen-bond donors (Lipinski definition) is 0. The Balaban J connectivity index is 0.00000884. The Morgan fingerprint density at radius 2 is 0.971 bits per heavy atom. The van der Waals surface area contributed by atoms with Crippen LogP contribution in [-0.2, 0) is 26.5 Å². The zero-order valence-corrected chi connectivity index (χ0v) is 57.0.